The Morgan fingerprint density at radius 2 is 2.29 bits per heavy atom. The molecule has 0 saturated carbocycles. The lowest BCUT2D eigenvalue weighted by molar-refractivity contribution is -0.329. The van der Waals surface area contributed by atoms with Gasteiger partial charge in [0.2, 0.25) is 5.96 Å². The lowest BCUT2D eigenvalue weighted by Gasteiger charge is -2.07. The van der Waals surface area contributed by atoms with Crippen molar-refractivity contribution in [3.8, 4) is 0 Å². The van der Waals surface area contributed by atoms with Crippen molar-refractivity contribution in [3.63, 3.8) is 0 Å². The first kappa shape index (κ1) is 12.6. The zero-order valence-corrected chi connectivity index (χ0v) is 7.80. The monoisotopic (exact) mass is 206 g/mol. The summed E-state index contributed by atoms with van der Waals surface area (Å²) >= 11 is 0. The van der Waals surface area contributed by atoms with Gasteiger partial charge in [-0.2, -0.15) is 0 Å². The van der Waals surface area contributed by atoms with E-state index in [0.717, 1.165) is 0 Å². The van der Waals surface area contributed by atoms with Crippen LogP contribution < -0.4 is 11.2 Å². The van der Waals surface area contributed by atoms with E-state index in [0.29, 0.717) is 13.0 Å². The van der Waals surface area contributed by atoms with Crippen molar-refractivity contribution in [1.82, 2.24) is 10.8 Å². The Balaban J connectivity index is 3.46. The molecule has 0 bridgehead atoms. The Hall–Kier alpha value is -1.38. The van der Waals surface area contributed by atoms with Gasteiger partial charge in [0.1, 0.15) is 0 Å². The largest absolute Gasteiger partial charge is 0.466 e. The van der Waals surface area contributed by atoms with Gasteiger partial charge in [0.25, 0.3) is 0 Å². The van der Waals surface area contributed by atoms with Gasteiger partial charge in [-0.1, -0.05) is 0 Å². The zero-order chi connectivity index (χ0) is 11.0. The van der Waals surface area contributed by atoms with Crippen molar-refractivity contribution in [3.05, 3.63) is 0 Å². The summed E-state index contributed by atoms with van der Waals surface area (Å²) in [5, 5.41) is 16.2. The maximum absolute atomic E-state index is 10.3. The van der Waals surface area contributed by atoms with Crippen LogP contribution in [-0.2, 0) is 9.53 Å². The van der Waals surface area contributed by atoms with E-state index in [1.54, 1.807) is 0 Å². The van der Waals surface area contributed by atoms with Gasteiger partial charge in [-0.3, -0.25) is 20.2 Å². The first-order chi connectivity index (χ1) is 6.52. The van der Waals surface area contributed by atoms with Crippen LogP contribution in [0, 0.1) is 0 Å². The third-order valence-corrected chi connectivity index (χ3v) is 1.10. The molecule has 5 N–H and O–H groups in total. The quantitative estimate of drug-likeness (QED) is 0.147. The summed E-state index contributed by atoms with van der Waals surface area (Å²) in [6.07, 6.45) is 0.513. The van der Waals surface area contributed by atoms with Crippen LogP contribution in [0.2, 0.25) is 0 Å². The topological polar surface area (TPSA) is 120 Å². The molecule has 0 rings (SSSR count). The Morgan fingerprint density at radius 1 is 1.64 bits per heavy atom. The van der Waals surface area contributed by atoms with Crippen LogP contribution >= 0.6 is 0 Å². The fourth-order valence-electron chi connectivity index (χ4n) is 0.618. The van der Waals surface area contributed by atoms with Gasteiger partial charge in [0.05, 0.1) is 6.61 Å². The highest BCUT2D eigenvalue weighted by molar-refractivity contribution is 5.77. The third kappa shape index (κ3) is 8.71. The predicted octanol–water partition coefficient (Wildman–Crippen LogP) is -1.16. The first-order valence-corrected chi connectivity index (χ1v) is 3.90. The maximum atomic E-state index is 10.3. The van der Waals surface area contributed by atoms with Crippen molar-refractivity contribution in [2.24, 2.45) is 10.7 Å². The van der Waals surface area contributed by atoms with E-state index in [2.05, 4.69) is 9.73 Å². The highest BCUT2D eigenvalue weighted by Crippen LogP contribution is 1.84. The second-order valence-electron chi connectivity index (χ2n) is 2.36. The fraction of sp³-hybridized carbons (Fsp3) is 0.667. The molecule has 0 aliphatic heterocycles. The number of aliphatic imine (C=N–C) groups is 1. The van der Waals surface area contributed by atoms with Gasteiger partial charge in [-0.15, -0.1) is 0 Å². The molecule has 0 fully saturated rings. The SMILES string of the molecule is CC(=O)OCCCN=C(N)NN(O)O. The van der Waals surface area contributed by atoms with Crippen molar-refractivity contribution in [2.75, 3.05) is 13.2 Å². The van der Waals surface area contributed by atoms with Crippen molar-refractivity contribution >= 4 is 11.9 Å². The lowest BCUT2D eigenvalue weighted by Crippen LogP contribution is -2.42. The molecule has 14 heavy (non-hydrogen) atoms. The van der Waals surface area contributed by atoms with E-state index in [1.165, 1.54) is 6.92 Å². The Bertz CT molecular complexity index is 206. The van der Waals surface area contributed by atoms with Gasteiger partial charge in [-0.25, -0.2) is 5.43 Å². The molecule has 0 radical (unpaired) electrons. The number of nitrogens with two attached hydrogens (primary N) is 1. The van der Waals surface area contributed by atoms with Gasteiger partial charge >= 0.3 is 5.97 Å². The van der Waals surface area contributed by atoms with Gasteiger partial charge < -0.3 is 10.5 Å². The average Bonchev–Trinajstić information content (AvgIpc) is 2.01. The standard InChI is InChI=1S/C6H14N4O4/c1-5(11)14-4-2-3-8-6(7)9-10(12)13/h12-13H,2-4H2,1H3,(H3,7,8,9). The number of nitrogens with zero attached hydrogens (tertiary/aromatic N) is 2. The van der Waals surface area contributed by atoms with Crippen LogP contribution in [0.5, 0.6) is 0 Å². The second kappa shape index (κ2) is 7.06. The fourth-order valence-corrected chi connectivity index (χ4v) is 0.618. The highest BCUT2D eigenvalue weighted by Gasteiger charge is 1.95. The molecule has 0 aromatic heterocycles. The Kier molecular flexibility index (Phi) is 6.37. The number of rotatable bonds is 5. The number of esters is 1. The van der Waals surface area contributed by atoms with Crippen LogP contribution in [-0.4, -0.2) is 40.8 Å². The first-order valence-electron chi connectivity index (χ1n) is 3.90. The summed E-state index contributed by atoms with van der Waals surface area (Å²) in [5.41, 5.74) is 7.09. The number of hydrogen-bond donors (Lipinski definition) is 4. The van der Waals surface area contributed by atoms with Crippen LogP contribution in [0.25, 0.3) is 0 Å². The third-order valence-electron chi connectivity index (χ3n) is 1.10. The van der Waals surface area contributed by atoms with Crippen molar-refractivity contribution in [2.45, 2.75) is 13.3 Å². The van der Waals surface area contributed by atoms with Crippen LogP contribution in [0.15, 0.2) is 4.99 Å². The molecular formula is C6H14N4O4. The van der Waals surface area contributed by atoms with E-state index in [9.17, 15) is 4.79 Å². The summed E-state index contributed by atoms with van der Waals surface area (Å²) in [4.78, 5) is 14.0. The summed E-state index contributed by atoms with van der Waals surface area (Å²) in [7, 11) is 0. The van der Waals surface area contributed by atoms with Crippen LogP contribution in [0.4, 0.5) is 0 Å². The number of hydrazine groups is 1. The highest BCUT2D eigenvalue weighted by atomic mass is 16.8. The molecule has 0 amide bonds. The number of carbonyl (C=O) groups is 1. The smallest absolute Gasteiger partial charge is 0.302 e. The van der Waals surface area contributed by atoms with E-state index < -0.39 is 0 Å². The van der Waals surface area contributed by atoms with Gasteiger partial charge in [0, 0.05) is 25.2 Å². The van der Waals surface area contributed by atoms with E-state index in [-0.39, 0.29) is 23.9 Å². The number of guanidine groups is 1. The van der Waals surface area contributed by atoms with Gasteiger partial charge in [-0.05, 0) is 0 Å². The molecule has 0 atom stereocenters. The summed E-state index contributed by atoms with van der Waals surface area (Å²) in [5.74, 6) is -0.491. The minimum atomic E-state index is -0.350. The van der Waals surface area contributed by atoms with E-state index in [4.69, 9.17) is 16.1 Å². The zero-order valence-electron chi connectivity index (χ0n) is 7.80. The van der Waals surface area contributed by atoms with Crippen molar-refractivity contribution in [1.29, 1.82) is 0 Å². The summed E-state index contributed by atoms with van der Waals surface area (Å²) in [6.45, 7) is 1.89. The molecule has 0 saturated heterocycles. The Labute approximate surface area is 80.9 Å². The minimum Gasteiger partial charge on any atom is -0.466 e. The lowest BCUT2D eigenvalue weighted by atomic mass is 10.4. The molecule has 0 aliphatic rings. The number of ether oxygens (including phenoxy) is 1. The number of hydrogen-bond acceptors (Lipinski definition) is 6. The van der Waals surface area contributed by atoms with Crippen molar-refractivity contribution < 1.29 is 19.9 Å². The summed E-state index contributed by atoms with van der Waals surface area (Å²) < 4.78 is 4.63. The maximum Gasteiger partial charge on any atom is 0.302 e. The van der Waals surface area contributed by atoms with E-state index in [1.807, 2.05) is 5.43 Å². The second-order valence-corrected chi connectivity index (χ2v) is 2.36. The molecule has 82 valence electrons. The molecule has 0 aromatic rings. The predicted molar refractivity (Wildman–Crippen MR) is 46.3 cm³/mol. The average molecular weight is 206 g/mol. The molecule has 0 heterocycles. The molecule has 0 unspecified atom stereocenters. The molecule has 8 heteroatoms. The van der Waals surface area contributed by atoms with Gasteiger partial charge in [0.15, 0.2) is 0 Å². The molecule has 0 aromatic carbocycles. The molecule has 0 spiro atoms. The van der Waals surface area contributed by atoms with E-state index >= 15 is 0 Å². The van der Waals surface area contributed by atoms with Crippen LogP contribution in [0.3, 0.4) is 0 Å². The summed E-state index contributed by atoms with van der Waals surface area (Å²) in [6, 6.07) is 0. The number of carbonyl (C=O) groups excluding carboxylic acids is 1. The van der Waals surface area contributed by atoms with Crippen LogP contribution in [0.1, 0.15) is 13.3 Å². The minimum absolute atomic E-state index is 0.141. The number of nitrogens with one attached hydrogen (secondary N) is 1. The normalized spacial score (nSPS) is 11.6. The Morgan fingerprint density at radius 3 is 2.79 bits per heavy atom. The molecule has 8 nitrogen and oxygen atoms in total. The molecular weight excluding hydrogens is 192 g/mol. The molecule has 0 aliphatic carbocycles.